The summed E-state index contributed by atoms with van der Waals surface area (Å²) in [5.41, 5.74) is 3.52. The molecule has 1 saturated heterocycles. The van der Waals surface area contributed by atoms with Crippen LogP contribution in [-0.2, 0) is 25.9 Å². The molecule has 5 nitrogen and oxygen atoms in total. The maximum absolute atomic E-state index is 12.4. The number of nitrogens with zero attached hydrogens (tertiary/aromatic N) is 4. The van der Waals surface area contributed by atoms with Crippen molar-refractivity contribution in [2.24, 2.45) is 0 Å². The largest absolute Gasteiger partial charge is 0.293 e. The minimum absolute atomic E-state index is 0.0620. The average Bonchev–Trinajstić information content (AvgIpc) is 3.18. The van der Waals surface area contributed by atoms with Gasteiger partial charge in [0.25, 0.3) is 5.56 Å². The molecule has 128 valence electrons. The van der Waals surface area contributed by atoms with Crippen molar-refractivity contribution in [3.05, 3.63) is 43.8 Å². The highest BCUT2D eigenvalue weighted by Gasteiger charge is 2.26. The summed E-state index contributed by atoms with van der Waals surface area (Å²) in [7, 11) is 0. The molecular formula is C18H24N4OS. The number of likely N-dealkylation sites (tertiary alicyclic amines) is 1. The van der Waals surface area contributed by atoms with Crippen molar-refractivity contribution in [2.45, 2.75) is 64.6 Å². The van der Waals surface area contributed by atoms with Crippen LogP contribution >= 0.6 is 11.3 Å². The van der Waals surface area contributed by atoms with Crippen LogP contribution in [0.1, 0.15) is 47.6 Å². The molecule has 1 fully saturated rings. The summed E-state index contributed by atoms with van der Waals surface area (Å²) >= 11 is 1.71. The summed E-state index contributed by atoms with van der Waals surface area (Å²) in [5, 5.41) is 7.95. The lowest BCUT2D eigenvalue weighted by atomic mass is 9.97. The summed E-state index contributed by atoms with van der Waals surface area (Å²) in [4.78, 5) is 19.5. The Morgan fingerprint density at radius 3 is 3.00 bits per heavy atom. The molecule has 0 aromatic carbocycles. The van der Waals surface area contributed by atoms with Crippen molar-refractivity contribution in [3.63, 3.8) is 0 Å². The van der Waals surface area contributed by atoms with E-state index in [9.17, 15) is 4.79 Å². The summed E-state index contributed by atoms with van der Waals surface area (Å²) in [6.45, 7) is 4.72. The van der Waals surface area contributed by atoms with Crippen LogP contribution in [0.4, 0.5) is 0 Å². The molecule has 0 saturated carbocycles. The zero-order valence-corrected chi connectivity index (χ0v) is 15.0. The molecule has 4 rings (SSSR count). The van der Waals surface area contributed by atoms with Gasteiger partial charge in [0.2, 0.25) is 0 Å². The fourth-order valence-electron chi connectivity index (χ4n) is 3.93. The topological polar surface area (TPSA) is 51.0 Å². The summed E-state index contributed by atoms with van der Waals surface area (Å²) in [6, 6.07) is 2.21. The molecule has 24 heavy (non-hydrogen) atoms. The summed E-state index contributed by atoms with van der Waals surface area (Å²) in [5.74, 6) is 0. The van der Waals surface area contributed by atoms with Gasteiger partial charge in [-0.25, -0.2) is 9.67 Å². The normalized spacial score (nSPS) is 21.1. The van der Waals surface area contributed by atoms with Crippen molar-refractivity contribution < 1.29 is 0 Å². The highest BCUT2D eigenvalue weighted by molar-refractivity contribution is 7.09. The molecule has 1 aliphatic heterocycles. The zero-order valence-electron chi connectivity index (χ0n) is 14.2. The van der Waals surface area contributed by atoms with Crippen molar-refractivity contribution in [1.29, 1.82) is 0 Å². The Labute approximate surface area is 146 Å². The van der Waals surface area contributed by atoms with E-state index in [2.05, 4.69) is 20.4 Å². The Bertz CT molecular complexity index is 782. The third-order valence-corrected chi connectivity index (χ3v) is 6.01. The van der Waals surface area contributed by atoms with E-state index in [1.807, 2.05) is 13.0 Å². The fourth-order valence-corrected chi connectivity index (χ4v) is 4.53. The van der Waals surface area contributed by atoms with Gasteiger partial charge in [0, 0.05) is 24.0 Å². The number of fused-ring (bicyclic) bond motifs is 1. The van der Waals surface area contributed by atoms with Crippen LogP contribution in [0, 0.1) is 6.92 Å². The monoisotopic (exact) mass is 344 g/mol. The third-order valence-electron chi connectivity index (χ3n) is 5.19. The van der Waals surface area contributed by atoms with Crippen LogP contribution in [-0.4, -0.2) is 32.3 Å². The molecule has 2 aromatic rings. The van der Waals surface area contributed by atoms with Gasteiger partial charge in [0.15, 0.2) is 0 Å². The fraction of sp³-hybridized carbons (Fsp3) is 0.611. The van der Waals surface area contributed by atoms with E-state index in [4.69, 9.17) is 0 Å². The summed E-state index contributed by atoms with van der Waals surface area (Å²) in [6.07, 6.45) is 6.72. The smallest absolute Gasteiger partial charge is 0.267 e. The van der Waals surface area contributed by atoms with E-state index >= 15 is 0 Å². The first kappa shape index (κ1) is 16.0. The van der Waals surface area contributed by atoms with Gasteiger partial charge in [0.05, 0.1) is 22.9 Å². The lowest BCUT2D eigenvalue weighted by molar-refractivity contribution is 0.214. The first-order chi connectivity index (χ1) is 11.7. The van der Waals surface area contributed by atoms with E-state index in [0.717, 1.165) is 48.7 Å². The first-order valence-corrected chi connectivity index (χ1v) is 9.82. The van der Waals surface area contributed by atoms with E-state index in [0.29, 0.717) is 12.6 Å². The molecule has 1 atom stereocenters. The maximum atomic E-state index is 12.4. The molecule has 6 heteroatoms. The second-order valence-electron chi connectivity index (χ2n) is 6.97. The van der Waals surface area contributed by atoms with Gasteiger partial charge in [-0.2, -0.15) is 5.10 Å². The van der Waals surface area contributed by atoms with Crippen LogP contribution in [0.25, 0.3) is 0 Å². The van der Waals surface area contributed by atoms with Crippen LogP contribution in [0.5, 0.6) is 0 Å². The van der Waals surface area contributed by atoms with Crippen molar-refractivity contribution in [1.82, 2.24) is 19.7 Å². The van der Waals surface area contributed by atoms with E-state index in [-0.39, 0.29) is 5.56 Å². The predicted octanol–water partition coefficient (Wildman–Crippen LogP) is 2.55. The molecule has 0 radical (unpaired) electrons. The molecule has 1 aliphatic carbocycles. The molecule has 2 aromatic heterocycles. The van der Waals surface area contributed by atoms with Crippen LogP contribution in [0.2, 0.25) is 0 Å². The maximum Gasteiger partial charge on any atom is 0.267 e. The molecular weight excluding hydrogens is 320 g/mol. The first-order valence-electron chi connectivity index (χ1n) is 8.94. The zero-order chi connectivity index (χ0) is 16.5. The quantitative estimate of drug-likeness (QED) is 0.855. The lowest BCUT2D eigenvalue weighted by Crippen LogP contribution is -2.37. The standard InChI is InChI=1S/C18H24N4OS/c1-13-19-15(12-24-13)10-21-8-4-6-16(21)11-22-18(23)9-14-5-2-3-7-17(14)20-22/h9,12,16H,2-8,10-11H2,1H3. The Morgan fingerprint density at radius 2 is 2.17 bits per heavy atom. The lowest BCUT2D eigenvalue weighted by Gasteiger charge is -2.24. The Morgan fingerprint density at radius 1 is 1.29 bits per heavy atom. The molecule has 3 heterocycles. The van der Waals surface area contributed by atoms with Gasteiger partial charge in [-0.1, -0.05) is 0 Å². The Hall–Kier alpha value is -1.53. The number of hydrogen-bond acceptors (Lipinski definition) is 5. The minimum Gasteiger partial charge on any atom is -0.293 e. The van der Waals surface area contributed by atoms with Crippen LogP contribution in [0.15, 0.2) is 16.2 Å². The second-order valence-corrected chi connectivity index (χ2v) is 8.03. The molecule has 1 unspecified atom stereocenters. The SMILES string of the molecule is Cc1nc(CN2CCCC2Cn2nc3c(cc2=O)CCCC3)cs1. The molecule has 0 bridgehead atoms. The Kier molecular flexibility index (Phi) is 4.50. The van der Waals surface area contributed by atoms with E-state index in [1.165, 1.54) is 24.8 Å². The van der Waals surface area contributed by atoms with Gasteiger partial charge in [-0.15, -0.1) is 11.3 Å². The van der Waals surface area contributed by atoms with Crippen molar-refractivity contribution in [2.75, 3.05) is 6.54 Å². The third kappa shape index (κ3) is 3.30. The predicted molar refractivity (Wildman–Crippen MR) is 95.4 cm³/mol. The van der Waals surface area contributed by atoms with E-state index < -0.39 is 0 Å². The number of aromatic nitrogens is 3. The molecule has 0 amide bonds. The second kappa shape index (κ2) is 6.76. The molecule has 0 N–H and O–H groups in total. The molecule has 2 aliphatic rings. The van der Waals surface area contributed by atoms with Crippen molar-refractivity contribution in [3.8, 4) is 0 Å². The molecule has 0 spiro atoms. The number of thiazole rings is 1. The average molecular weight is 344 g/mol. The van der Waals surface area contributed by atoms with Crippen LogP contribution < -0.4 is 5.56 Å². The summed E-state index contributed by atoms with van der Waals surface area (Å²) < 4.78 is 1.71. The number of hydrogen-bond donors (Lipinski definition) is 0. The minimum atomic E-state index is 0.0620. The Balaban J connectivity index is 1.50. The highest BCUT2D eigenvalue weighted by atomic mass is 32.1. The van der Waals surface area contributed by atoms with Gasteiger partial charge >= 0.3 is 0 Å². The highest BCUT2D eigenvalue weighted by Crippen LogP contribution is 2.22. The van der Waals surface area contributed by atoms with E-state index in [1.54, 1.807) is 16.0 Å². The van der Waals surface area contributed by atoms with Gasteiger partial charge in [-0.05, 0) is 57.6 Å². The van der Waals surface area contributed by atoms with Crippen LogP contribution in [0.3, 0.4) is 0 Å². The van der Waals surface area contributed by atoms with Gasteiger partial charge in [0.1, 0.15) is 0 Å². The van der Waals surface area contributed by atoms with Gasteiger partial charge < -0.3 is 0 Å². The number of aryl methyl sites for hydroxylation is 3. The van der Waals surface area contributed by atoms with Gasteiger partial charge in [-0.3, -0.25) is 9.69 Å². The van der Waals surface area contributed by atoms with Crippen molar-refractivity contribution >= 4 is 11.3 Å². The number of rotatable bonds is 4.